The first-order valence-electron chi connectivity index (χ1n) is 5.09. The predicted octanol–water partition coefficient (Wildman–Crippen LogP) is 4.26. The van der Waals surface area contributed by atoms with Crippen LogP contribution in [0.5, 0.6) is 0 Å². The average molecular weight is 281 g/mol. The smallest absolute Gasteiger partial charge is 0.213 e. The molecule has 1 aromatic carbocycles. The Morgan fingerprint density at radius 1 is 1.28 bits per heavy atom. The summed E-state index contributed by atoms with van der Waals surface area (Å²) in [5, 5.41) is 9.33. The van der Waals surface area contributed by atoms with E-state index in [9.17, 15) is 4.39 Å². The van der Waals surface area contributed by atoms with Gasteiger partial charge < -0.3 is 0 Å². The topological polar surface area (TPSA) is 36.7 Å². The van der Waals surface area contributed by atoms with Crippen LogP contribution in [0.15, 0.2) is 30.3 Å². The summed E-state index contributed by atoms with van der Waals surface area (Å²) < 4.78 is 13.4. The largest absolute Gasteiger partial charge is 0.220 e. The van der Waals surface area contributed by atoms with Crippen LogP contribution in [0.25, 0.3) is 11.3 Å². The summed E-state index contributed by atoms with van der Waals surface area (Å²) in [6.45, 7) is 0. The van der Waals surface area contributed by atoms with Crippen molar-refractivity contribution in [2.24, 2.45) is 0 Å². The van der Waals surface area contributed by atoms with Crippen molar-refractivity contribution in [1.29, 1.82) is 5.26 Å². The van der Waals surface area contributed by atoms with Gasteiger partial charge in [0.2, 0.25) is 5.95 Å². The van der Waals surface area contributed by atoms with Crippen LogP contribution in [0.2, 0.25) is 10.0 Å². The fourth-order valence-corrected chi connectivity index (χ4v) is 1.98. The van der Waals surface area contributed by atoms with Gasteiger partial charge in [-0.2, -0.15) is 9.65 Å². The van der Waals surface area contributed by atoms with E-state index in [-0.39, 0.29) is 6.42 Å². The van der Waals surface area contributed by atoms with E-state index in [1.807, 2.05) is 6.07 Å². The second-order valence-corrected chi connectivity index (χ2v) is 4.40. The highest BCUT2D eigenvalue weighted by molar-refractivity contribution is 6.43. The first-order valence-corrected chi connectivity index (χ1v) is 5.85. The van der Waals surface area contributed by atoms with Gasteiger partial charge in [-0.05, 0) is 23.8 Å². The van der Waals surface area contributed by atoms with E-state index in [0.29, 0.717) is 26.9 Å². The third-order valence-electron chi connectivity index (χ3n) is 2.36. The normalized spacial score (nSPS) is 10.1. The summed E-state index contributed by atoms with van der Waals surface area (Å²) in [5.41, 5.74) is 1.46. The Morgan fingerprint density at radius 2 is 2.06 bits per heavy atom. The molecule has 0 aliphatic rings. The van der Waals surface area contributed by atoms with Gasteiger partial charge in [0, 0.05) is 5.56 Å². The second-order valence-electron chi connectivity index (χ2n) is 3.62. The maximum atomic E-state index is 13.4. The molecule has 1 heterocycles. The van der Waals surface area contributed by atoms with E-state index >= 15 is 0 Å². The van der Waals surface area contributed by atoms with E-state index in [0.717, 1.165) is 0 Å². The highest BCUT2D eigenvalue weighted by atomic mass is 35.5. The molecule has 0 aliphatic carbocycles. The van der Waals surface area contributed by atoms with Crippen molar-refractivity contribution in [3.05, 3.63) is 51.9 Å². The maximum Gasteiger partial charge on any atom is 0.213 e. The van der Waals surface area contributed by atoms with E-state index in [1.54, 1.807) is 24.3 Å². The van der Waals surface area contributed by atoms with E-state index in [4.69, 9.17) is 28.5 Å². The highest BCUT2D eigenvalue weighted by Crippen LogP contribution is 2.32. The lowest BCUT2D eigenvalue weighted by molar-refractivity contribution is 0.583. The fraction of sp³-hybridized carbons (Fsp3) is 0.0769. The van der Waals surface area contributed by atoms with Gasteiger partial charge in [0.15, 0.2) is 0 Å². The molecule has 0 fully saturated rings. The molecule has 0 unspecified atom stereocenters. The number of pyridine rings is 1. The molecule has 0 atom stereocenters. The Balaban J connectivity index is 2.57. The van der Waals surface area contributed by atoms with Crippen LogP contribution in [0.3, 0.4) is 0 Å². The Morgan fingerprint density at radius 3 is 2.78 bits per heavy atom. The van der Waals surface area contributed by atoms with Crippen molar-refractivity contribution in [2.45, 2.75) is 6.42 Å². The minimum absolute atomic E-state index is 0.116. The molecule has 0 bridgehead atoms. The number of nitrogens with zero attached hydrogens (tertiary/aromatic N) is 2. The number of aromatic nitrogens is 1. The third kappa shape index (κ3) is 2.61. The van der Waals surface area contributed by atoms with Crippen molar-refractivity contribution in [3.8, 4) is 17.3 Å². The van der Waals surface area contributed by atoms with Crippen molar-refractivity contribution in [3.63, 3.8) is 0 Å². The summed E-state index contributed by atoms with van der Waals surface area (Å²) in [5.74, 6) is -0.645. The molecule has 0 N–H and O–H groups in total. The number of halogens is 3. The molecule has 0 saturated heterocycles. The van der Waals surface area contributed by atoms with E-state index < -0.39 is 5.95 Å². The van der Waals surface area contributed by atoms with Gasteiger partial charge in [-0.25, -0.2) is 4.98 Å². The zero-order valence-electron chi connectivity index (χ0n) is 9.12. The summed E-state index contributed by atoms with van der Waals surface area (Å²) in [7, 11) is 0. The Bertz CT molecular complexity index is 635. The van der Waals surface area contributed by atoms with Gasteiger partial charge in [0.25, 0.3) is 0 Å². The van der Waals surface area contributed by atoms with Gasteiger partial charge in [-0.3, -0.25) is 0 Å². The molecule has 0 saturated carbocycles. The SMILES string of the molecule is N#CCc1cc(F)nc(-c2cccc(Cl)c2Cl)c1. The fourth-order valence-electron chi connectivity index (χ4n) is 1.58. The molecule has 0 amide bonds. The molecule has 2 nitrogen and oxygen atoms in total. The summed E-state index contributed by atoms with van der Waals surface area (Å²) in [4.78, 5) is 3.77. The van der Waals surface area contributed by atoms with Gasteiger partial charge in [-0.15, -0.1) is 0 Å². The zero-order valence-corrected chi connectivity index (χ0v) is 10.6. The maximum absolute atomic E-state index is 13.4. The van der Waals surface area contributed by atoms with Crippen LogP contribution >= 0.6 is 23.2 Å². The average Bonchev–Trinajstić information content (AvgIpc) is 2.32. The number of hydrogen-bond acceptors (Lipinski definition) is 2. The number of nitriles is 1. The molecule has 90 valence electrons. The highest BCUT2D eigenvalue weighted by Gasteiger charge is 2.10. The van der Waals surface area contributed by atoms with Crippen LogP contribution < -0.4 is 0 Å². The lowest BCUT2D eigenvalue weighted by Crippen LogP contribution is -1.93. The Labute approximate surface area is 114 Å². The molecule has 18 heavy (non-hydrogen) atoms. The third-order valence-corrected chi connectivity index (χ3v) is 3.18. The summed E-state index contributed by atoms with van der Waals surface area (Å²) >= 11 is 11.9. The summed E-state index contributed by atoms with van der Waals surface area (Å²) in [6.07, 6.45) is 0.116. The second kappa shape index (κ2) is 5.34. The Kier molecular flexibility index (Phi) is 3.81. The van der Waals surface area contributed by atoms with Crippen LogP contribution in [0, 0.1) is 17.3 Å². The number of hydrogen-bond donors (Lipinski definition) is 0. The first kappa shape index (κ1) is 12.8. The van der Waals surface area contributed by atoms with Crippen LogP contribution in [-0.4, -0.2) is 4.98 Å². The number of benzene rings is 1. The van der Waals surface area contributed by atoms with Crippen LogP contribution in [0.1, 0.15) is 5.56 Å². The lowest BCUT2D eigenvalue weighted by Gasteiger charge is -2.06. The van der Waals surface area contributed by atoms with Gasteiger partial charge >= 0.3 is 0 Å². The first-order chi connectivity index (χ1) is 8.61. The Hall–Kier alpha value is -1.63. The predicted molar refractivity (Wildman–Crippen MR) is 69.0 cm³/mol. The monoisotopic (exact) mass is 280 g/mol. The van der Waals surface area contributed by atoms with E-state index in [2.05, 4.69) is 4.98 Å². The minimum atomic E-state index is -0.645. The number of rotatable bonds is 2. The van der Waals surface area contributed by atoms with Crippen molar-refractivity contribution >= 4 is 23.2 Å². The molecule has 1 aromatic heterocycles. The molecule has 0 spiro atoms. The van der Waals surface area contributed by atoms with Crippen LogP contribution in [0.4, 0.5) is 4.39 Å². The standard InChI is InChI=1S/C13H7Cl2FN2/c14-10-3-1-2-9(13(10)15)11-6-8(4-5-17)7-12(16)18-11/h1-3,6-7H,4H2. The molecule has 2 aromatic rings. The molecule has 0 aliphatic heterocycles. The molecule has 0 radical (unpaired) electrons. The van der Waals surface area contributed by atoms with Gasteiger partial charge in [0.1, 0.15) is 0 Å². The zero-order chi connectivity index (χ0) is 13.1. The molecular weight excluding hydrogens is 274 g/mol. The lowest BCUT2D eigenvalue weighted by atomic mass is 10.1. The van der Waals surface area contributed by atoms with Crippen molar-refractivity contribution in [1.82, 2.24) is 4.98 Å². The van der Waals surface area contributed by atoms with Crippen molar-refractivity contribution < 1.29 is 4.39 Å². The van der Waals surface area contributed by atoms with E-state index in [1.165, 1.54) is 6.07 Å². The van der Waals surface area contributed by atoms with Crippen molar-refractivity contribution in [2.75, 3.05) is 0 Å². The van der Waals surface area contributed by atoms with Gasteiger partial charge in [-0.1, -0.05) is 35.3 Å². The molecular formula is C13H7Cl2FN2. The molecule has 5 heteroatoms. The quantitative estimate of drug-likeness (QED) is 0.771. The van der Waals surface area contributed by atoms with Gasteiger partial charge in [0.05, 0.1) is 28.2 Å². The minimum Gasteiger partial charge on any atom is -0.220 e. The molecule has 2 rings (SSSR count). The van der Waals surface area contributed by atoms with Crippen LogP contribution in [-0.2, 0) is 6.42 Å². The summed E-state index contributed by atoms with van der Waals surface area (Å²) in [6, 6.07) is 9.87.